The van der Waals surface area contributed by atoms with Gasteiger partial charge in [0, 0.05) is 54.5 Å². The summed E-state index contributed by atoms with van der Waals surface area (Å²) in [6.45, 7) is 0. The number of nitrogens with zero attached hydrogens (tertiary/aromatic N) is 6. The van der Waals surface area contributed by atoms with E-state index in [1.54, 1.807) is 0 Å². The van der Waals surface area contributed by atoms with E-state index in [4.69, 9.17) is 0 Å². The third kappa shape index (κ3) is 5.20. The van der Waals surface area contributed by atoms with E-state index in [1.165, 1.54) is 5.39 Å². The fourth-order valence-electron chi connectivity index (χ4n) is 11.2. The van der Waals surface area contributed by atoms with Gasteiger partial charge >= 0.3 is 0 Å². The zero-order valence-corrected chi connectivity index (χ0v) is 36.5. The predicted molar refractivity (Wildman–Crippen MR) is 279 cm³/mol. The molecule has 4 aromatic heterocycles. The Morgan fingerprint density at radius 1 is 0.294 bits per heavy atom. The fourth-order valence-corrected chi connectivity index (χ4v) is 11.2. The van der Waals surface area contributed by atoms with Gasteiger partial charge in [0.1, 0.15) is 11.6 Å². The Hall–Kier alpha value is -9.62. The second-order valence-corrected chi connectivity index (χ2v) is 17.5. The van der Waals surface area contributed by atoms with Crippen LogP contribution in [-0.4, -0.2) is 18.3 Å². The lowest BCUT2D eigenvalue weighted by Gasteiger charge is -2.19. The molecular formula is C62H36N6. The van der Waals surface area contributed by atoms with Crippen LogP contribution in [-0.2, 0) is 0 Å². The van der Waals surface area contributed by atoms with Crippen LogP contribution in [0.5, 0.6) is 0 Å². The number of hydrogen-bond donors (Lipinski definition) is 0. The molecule has 0 amide bonds. The molecule has 0 saturated heterocycles. The molecule has 4 heterocycles. The van der Waals surface area contributed by atoms with Crippen molar-refractivity contribution in [1.82, 2.24) is 18.3 Å². The maximum atomic E-state index is 11.9. The van der Waals surface area contributed by atoms with E-state index in [0.29, 0.717) is 11.1 Å². The second kappa shape index (κ2) is 14.4. The Balaban J connectivity index is 1.16. The van der Waals surface area contributed by atoms with E-state index in [9.17, 15) is 10.5 Å². The predicted octanol–water partition coefficient (Wildman–Crippen LogP) is 15.5. The van der Waals surface area contributed by atoms with Gasteiger partial charge in [-0.1, -0.05) is 133 Å². The molecule has 0 spiro atoms. The Morgan fingerprint density at radius 3 is 1.26 bits per heavy atom. The largest absolute Gasteiger partial charge is 0.309 e. The van der Waals surface area contributed by atoms with Gasteiger partial charge in [0.25, 0.3) is 0 Å². The maximum absolute atomic E-state index is 11.9. The van der Waals surface area contributed by atoms with Gasteiger partial charge in [0.15, 0.2) is 0 Å². The molecule has 10 aromatic carbocycles. The van der Waals surface area contributed by atoms with Crippen molar-refractivity contribution < 1.29 is 0 Å². The van der Waals surface area contributed by atoms with Gasteiger partial charge < -0.3 is 18.3 Å². The summed E-state index contributed by atoms with van der Waals surface area (Å²) in [5.41, 5.74) is 15.1. The standard InChI is InChI=1S/C62H36N6/c63-37-39-27-29-40(30-28-39)41-35-57(67-54-26-14-10-22-49(54)60-56(67)34-32-46-44-19-7-11-23-51(44)66(61(46)60)43-17-5-2-6-18-43)50(38-64)58(36-41)68-52-24-12-8-20-45(52)47-31-33-55-59(62(47)68)48-21-9-13-25-53(48)65(55)42-15-3-1-4-16-42/h1-36H. The first-order valence-electron chi connectivity index (χ1n) is 22.8. The fraction of sp³-hybridized carbons (Fsp3) is 0. The van der Waals surface area contributed by atoms with E-state index >= 15 is 0 Å². The van der Waals surface area contributed by atoms with Crippen LogP contribution < -0.4 is 0 Å². The SMILES string of the molecule is N#Cc1ccc(-c2cc(-n3c4ccccc4c4c3ccc3c5ccccc5n(-c5ccccc5)c34)c(C#N)c(-n3c4ccccc4c4ccc5c(c6ccccc6n5-c5ccccc5)c43)c2)cc1. The summed E-state index contributed by atoms with van der Waals surface area (Å²) in [7, 11) is 0. The van der Waals surface area contributed by atoms with Crippen molar-refractivity contribution in [2.24, 2.45) is 0 Å². The Labute approximate surface area is 389 Å². The number of hydrogen-bond acceptors (Lipinski definition) is 2. The van der Waals surface area contributed by atoms with Gasteiger partial charge in [-0.2, -0.15) is 10.5 Å². The van der Waals surface area contributed by atoms with Crippen LogP contribution in [0.15, 0.2) is 218 Å². The number of fused-ring (bicyclic) bond motifs is 14. The summed E-state index contributed by atoms with van der Waals surface area (Å²) >= 11 is 0. The van der Waals surface area contributed by atoms with E-state index in [0.717, 1.165) is 116 Å². The normalized spacial score (nSPS) is 11.8. The van der Waals surface area contributed by atoms with E-state index in [1.807, 2.05) is 24.3 Å². The lowest BCUT2D eigenvalue weighted by molar-refractivity contribution is 1.12. The van der Waals surface area contributed by atoms with Crippen LogP contribution in [0.1, 0.15) is 11.1 Å². The molecule has 6 nitrogen and oxygen atoms in total. The Bertz CT molecular complexity index is 4490. The summed E-state index contributed by atoms with van der Waals surface area (Å²) in [6.07, 6.45) is 0. The lowest BCUT2D eigenvalue weighted by Crippen LogP contribution is -2.05. The van der Waals surface area contributed by atoms with Gasteiger partial charge in [-0.3, -0.25) is 0 Å². The number of rotatable bonds is 5. The molecule has 0 fully saturated rings. The third-order valence-electron chi connectivity index (χ3n) is 14.0. The van der Waals surface area contributed by atoms with Crippen LogP contribution >= 0.6 is 0 Å². The number of para-hydroxylation sites is 6. The second-order valence-electron chi connectivity index (χ2n) is 17.5. The van der Waals surface area contributed by atoms with Gasteiger partial charge in [-0.05, 0) is 96.1 Å². The van der Waals surface area contributed by atoms with Gasteiger partial charge in [-0.15, -0.1) is 0 Å². The van der Waals surface area contributed by atoms with Crippen LogP contribution in [0.25, 0.3) is 121 Å². The monoisotopic (exact) mass is 864 g/mol. The van der Waals surface area contributed by atoms with Crippen molar-refractivity contribution in [3.63, 3.8) is 0 Å². The topological polar surface area (TPSA) is 67.3 Å². The molecule has 0 aliphatic rings. The average molecular weight is 865 g/mol. The van der Waals surface area contributed by atoms with Crippen molar-refractivity contribution >= 4 is 87.2 Å². The molecule has 14 aromatic rings. The molecule has 0 radical (unpaired) electrons. The van der Waals surface area contributed by atoms with E-state index in [-0.39, 0.29) is 0 Å². The van der Waals surface area contributed by atoms with Crippen molar-refractivity contribution in [2.45, 2.75) is 0 Å². The lowest BCUT2D eigenvalue weighted by atomic mass is 9.99. The van der Waals surface area contributed by atoms with Crippen molar-refractivity contribution in [3.8, 4) is 46.0 Å². The minimum atomic E-state index is 0.542. The summed E-state index contributed by atoms with van der Waals surface area (Å²) in [5.74, 6) is 0. The first-order chi connectivity index (χ1) is 33.7. The highest BCUT2D eigenvalue weighted by Crippen LogP contribution is 2.46. The van der Waals surface area contributed by atoms with E-state index < -0.39 is 0 Å². The van der Waals surface area contributed by atoms with Crippen LogP contribution in [0.4, 0.5) is 0 Å². The molecule has 0 N–H and O–H groups in total. The third-order valence-corrected chi connectivity index (χ3v) is 14.0. The molecule has 14 rings (SSSR count). The summed E-state index contributed by atoms with van der Waals surface area (Å²) < 4.78 is 9.38. The number of benzene rings is 10. The summed E-state index contributed by atoms with van der Waals surface area (Å²) in [6, 6.07) is 81.7. The molecule has 0 atom stereocenters. The van der Waals surface area contributed by atoms with Crippen molar-refractivity contribution in [3.05, 3.63) is 230 Å². The Morgan fingerprint density at radius 2 is 0.721 bits per heavy atom. The van der Waals surface area contributed by atoms with Crippen molar-refractivity contribution in [1.29, 1.82) is 10.5 Å². The highest BCUT2D eigenvalue weighted by atomic mass is 15.0. The minimum Gasteiger partial charge on any atom is -0.309 e. The van der Waals surface area contributed by atoms with Gasteiger partial charge in [0.05, 0.1) is 67.1 Å². The number of nitriles is 2. The minimum absolute atomic E-state index is 0.542. The molecule has 0 aliphatic heterocycles. The maximum Gasteiger partial charge on any atom is 0.104 e. The van der Waals surface area contributed by atoms with Gasteiger partial charge in [0.2, 0.25) is 0 Å². The molecule has 6 heteroatoms. The zero-order valence-electron chi connectivity index (χ0n) is 36.5. The summed E-state index contributed by atoms with van der Waals surface area (Å²) in [5, 5.41) is 30.7. The molecule has 68 heavy (non-hydrogen) atoms. The van der Waals surface area contributed by atoms with Crippen LogP contribution in [0.3, 0.4) is 0 Å². The van der Waals surface area contributed by atoms with Gasteiger partial charge in [-0.25, -0.2) is 0 Å². The smallest absolute Gasteiger partial charge is 0.104 e. The first kappa shape index (κ1) is 37.7. The Kier molecular flexibility index (Phi) is 8.01. The molecular weight excluding hydrogens is 829 g/mol. The summed E-state index contributed by atoms with van der Waals surface area (Å²) in [4.78, 5) is 0. The highest BCUT2D eigenvalue weighted by molar-refractivity contribution is 6.28. The highest BCUT2D eigenvalue weighted by Gasteiger charge is 2.27. The van der Waals surface area contributed by atoms with E-state index in [2.05, 4.69) is 225 Å². The molecule has 0 saturated carbocycles. The van der Waals surface area contributed by atoms with Crippen LogP contribution in [0.2, 0.25) is 0 Å². The van der Waals surface area contributed by atoms with Crippen molar-refractivity contribution in [2.75, 3.05) is 0 Å². The quantitative estimate of drug-likeness (QED) is 0.173. The van der Waals surface area contributed by atoms with Crippen LogP contribution in [0, 0.1) is 22.7 Å². The molecule has 314 valence electrons. The zero-order chi connectivity index (χ0) is 45.0. The average Bonchev–Trinajstić information content (AvgIpc) is 4.14. The molecule has 0 aliphatic carbocycles. The first-order valence-corrected chi connectivity index (χ1v) is 22.8. The molecule has 0 unspecified atom stereocenters. The molecule has 0 bridgehead atoms. The number of aromatic nitrogens is 4.